The molecule has 1 aromatic carbocycles. The van der Waals surface area contributed by atoms with Gasteiger partial charge >= 0.3 is 5.97 Å². The van der Waals surface area contributed by atoms with E-state index in [1.54, 1.807) is 0 Å². The van der Waals surface area contributed by atoms with E-state index in [0.29, 0.717) is 6.42 Å². The number of benzene rings is 1. The fourth-order valence-electron chi connectivity index (χ4n) is 3.02. The van der Waals surface area contributed by atoms with Crippen LogP contribution in [0.2, 0.25) is 0 Å². The van der Waals surface area contributed by atoms with Gasteiger partial charge in [-0.2, -0.15) is 0 Å². The molecule has 0 fully saturated rings. The Morgan fingerprint density at radius 1 is 1.09 bits per heavy atom. The van der Waals surface area contributed by atoms with Crippen molar-refractivity contribution >= 4 is 5.97 Å². The molecule has 0 heterocycles. The fraction of sp³-hybridized carbons (Fsp3) is 0.632. The third-order valence-electron chi connectivity index (χ3n) is 4.35. The topological polar surface area (TPSA) is 69.6 Å². The van der Waals surface area contributed by atoms with Gasteiger partial charge in [-0.15, -0.1) is 0 Å². The normalized spacial score (nSPS) is 13.7. The molecule has 0 amide bonds. The summed E-state index contributed by atoms with van der Waals surface area (Å²) in [5.74, 6) is -0.867. The molecule has 0 aliphatic rings. The lowest BCUT2D eigenvalue weighted by atomic mass is 9.88. The number of carboxylic acid groups (broad SMARTS) is 1. The van der Waals surface area contributed by atoms with Crippen LogP contribution in [-0.2, 0) is 4.79 Å². The number of carboxylic acids is 1. The molecule has 4 nitrogen and oxygen atoms in total. The van der Waals surface area contributed by atoms with Gasteiger partial charge in [0.1, 0.15) is 0 Å². The summed E-state index contributed by atoms with van der Waals surface area (Å²) in [7, 11) is 0. The van der Waals surface area contributed by atoms with Crippen LogP contribution in [0.25, 0.3) is 0 Å². The summed E-state index contributed by atoms with van der Waals surface area (Å²) in [6.07, 6.45) is 8.91. The van der Waals surface area contributed by atoms with E-state index < -0.39 is 5.97 Å². The predicted molar refractivity (Wildman–Crippen MR) is 92.8 cm³/mol. The van der Waals surface area contributed by atoms with Crippen LogP contribution >= 0.6 is 0 Å². The zero-order valence-electron chi connectivity index (χ0n) is 14.2. The molecule has 0 saturated heterocycles. The van der Waals surface area contributed by atoms with Crippen LogP contribution in [-0.4, -0.2) is 22.3 Å². The van der Waals surface area contributed by atoms with Gasteiger partial charge in [-0.05, 0) is 24.3 Å². The van der Waals surface area contributed by atoms with E-state index in [2.05, 4.69) is 12.4 Å². The maximum Gasteiger partial charge on any atom is 0.303 e. The van der Waals surface area contributed by atoms with Crippen molar-refractivity contribution in [3.63, 3.8) is 0 Å². The lowest BCUT2D eigenvalue weighted by Crippen LogP contribution is -2.28. The number of rotatable bonds is 13. The van der Waals surface area contributed by atoms with Gasteiger partial charge in [0, 0.05) is 6.04 Å². The van der Waals surface area contributed by atoms with Gasteiger partial charge in [0.15, 0.2) is 0 Å². The Hall–Kier alpha value is -1.39. The maximum atomic E-state index is 11.1. The smallest absolute Gasteiger partial charge is 0.303 e. The predicted octanol–water partition coefficient (Wildman–Crippen LogP) is 4.73. The second-order valence-electron chi connectivity index (χ2n) is 6.32. The van der Waals surface area contributed by atoms with Crippen LogP contribution in [0.3, 0.4) is 0 Å². The molecular formula is C19H31NO3. The lowest BCUT2D eigenvalue weighted by molar-refractivity contribution is -0.137. The zero-order valence-corrected chi connectivity index (χ0v) is 14.2. The van der Waals surface area contributed by atoms with Gasteiger partial charge < -0.3 is 10.3 Å². The minimum absolute atomic E-state index is 0.0502. The van der Waals surface area contributed by atoms with Crippen LogP contribution in [0, 0.1) is 0 Å². The molecule has 0 aromatic heterocycles. The highest BCUT2D eigenvalue weighted by molar-refractivity contribution is 5.68. The first-order chi connectivity index (χ1) is 11.2. The Morgan fingerprint density at radius 3 is 2.35 bits per heavy atom. The molecule has 2 unspecified atom stereocenters. The van der Waals surface area contributed by atoms with Gasteiger partial charge in [-0.3, -0.25) is 4.79 Å². The lowest BCUT2D eigenvalue weighted by Gasteiger charge is -2.22. The summed E-state index contributed by atoms with van der Waals surface area (Å²) in [5, 5.41) is 18.5. The van der Waals surface area contributed by atoms with Crippen LogP contribution in [0.4, 0.5) is 0 Å². The average Bonchev–Trinajstić information content (AvgIpc) is 2.56. The molecule has 0 aliphatic heterocycles. The highest BCUT2D eigenvalue weighted by Crippen LogP contribution is 2.26. The standard InChI is InChI=1S/C19H31NO3/c1-2-3-4-5-6-10-13-18(20-23)14-17(15-19(21)22)16-11-8-7-9-12-16/h7-9,11-12,17-18,20,23H,2-6,10,13-15H2,1H3,(H,21,22). The van der Waals surface area contributed by atoms with E-state index in [1.165, 1.54) is 32.1 Å². The zero-order chi connectivity index (χ0) is 16.9. The molecule has 4 heteroatoms. The van der Waals surface area contributed by atoms with Crippen molar-refractivity contribution in [2.24, 2.45) is 0 Å². The monoisotopic (exact) mass is 321 g/mol. The van der Waals surface area contributed by atoms with Crippen molar-refractivity contribution in [2.75, 3.05) is 0 Å². The number of aliphatic carboxylic acids is 1. The molecule has 0 bridgehead atoms. The molecule has 3 N–H and O–H groups in total. The van der Waals surface area contributed by atoms with Crippen molar-refractivity contribution in [1.82, 2.24) is 5.48 Å². The van der Waals surface area contributed by atoms with Gasteiger partial charge in [-0.25, -0.2) is 5.48 Å². The van der Waals surface area contributed by atoms with E-state index in [1.807, 2.05) is 30.3 Å². The Labute approximate surface area is 139 Å². The number of unbranched alkanes of at least 4 members (excludes halogenated alkanes) is 5. The molecule has 0 radical (unpaired) electrons. The highest BCUT2D eigenvalue weighted by atomic mass is 16.5. The van der Waals surface area contributed by atoms with E-state index in [-0.39, 0.29) is 18.4 Å². The summed E-state index contributed by atoms with van der Waals surface area (Å²) in [6.45, 7) is 2.21. The van der Waals surface area contributed by atoms with Gasteiger partial charge in [-0.1, -0.05) is 75.8 Å². The largest absolute Gasteiger partial charge is 0.481 e. The van der Waals surface area contributed by atoms with E-state index in [4.69, 9.17) is 5.11 Å². The van der Waals surface area contributed by atoms with Crippen molar-refractivity contribution in [2.45, 2.75) is 76.7 Å². The summed E-state index contributed by atoms with van der Waals surface area (Å²) >= 11 is 0. The van der Waals surface area contributed by atoms with Crippen molar-refractivity contribution < 1.29 is 15.1 Å². The second kappa shape index (κ2) is 12.1. The minimum Gasteiger partial charge on any atom is -0.481 e. The molecule has 130 valence electrons. The van der Waals surface area contributed by atoms with E-state index >= 15 is 0 Å². The number of hydrogen-bond acceptors (Lipinski definition) is 3. The Kier molecular flexibility index (Phi) is 10.3. The number of hydrogen-bond donors (Lipinski definition) is 3. The molecule has 0 spiro atoms. The van der Waals surface area contributed by atoms with Gasteiger partial charge in [0.25, 0.3) is 0 Å². The third-order valence-corrected chi connectivity index (χ3v) is 4.35. The average molecular weight is 321 g/mol. The van der Waals surface area contributed by atoms with Crippen molar-refractivity contribution in [3.8, 4) is 0 Å². The maximum absolute atomic E-state index is 11.1. The molecule has 23 heavy (non-hydrogen) atoms. The van der Waals surface area contributed by atoms with Gasteiger partial charge in [0.05, 0.1) is 6.42 Å². The first-order valence-corrected chi connectivity index (χ1v) is 8.83. The summed E-state index contributed by atoms with van der Waals surface area (Å²) in [6, 6.07) is 9.67. The molecule has 1 rings (SSSR count). The van der Waals surface area contributed by atoms with Crippen molar-refractivity contribution in [1.29, 1.82) is 0 Å². The molecule has 0 aliphatic carbocycles. The Morgan fingerprint density at radius 2 is 1.74 bits per heavy atom. The second-order valence-corrected chi connectivity index (χ2v) is 6.32. The molecule has 0 saturated carbocycles. The van der Waals surface area contributed by atoms with Crippen LogP contribution < -0.4 is 5.48 Å². The first kappa shape index (κ1) is 19.7. The minimum atomic E-state index is -0.796. The Balaban J connectivity index is 2.46. The number of hydroxylamine groups is 1. The van der Waals surface area contributed by atoms with Crippen LogP contribution in [0.5, 0.6) is 0 Å². The summed E-state index contributed by atoms with van der Waals surface area (Å²) in [4.78, 5) is 11.1. The fourth-order valence-corrected chi connectivity index (χ4v) is 3.02. The molecule has 2 atom stereocenters. The quantitative estimate of drug-likeness (QED) is 0.363. The van der Waals surface area contributed by atoms with E-state index in [9.17, 15) is 10.0 Å². The first-order valence-electron chi connectivity index (χ1n) is 8.83. The highest BCUT2D eigenvalue weighted by Gasteiger charge is 2.20. The van der Waals surface area contributed by atoms with Crippen LogP contribution in [0.15, 0.2) is 30.3 Å². The molecular weight excluding hydrogens is 290 g/mol. The van der Waals surface area contributed by atoms with Crippen molar-refractivity contribution in [3.05, 3.63) is 35.9 Å². The Bertz CT molecular complexity index is 422. The third kappa shape index (κ3) is 8.72. The van der Waals surface area contributed by atoms with Crippen LogP contribution in [0.1, 0.15) is 76.2 Å². The number of nitrogens with one attached hydrogen (secondary N) is 1. The van der Waals surface area contributed by atoms with E-state index in [0.717, 1.165) is 18.4 Å². The SMILES string of the molecule is CCCCCCCCC(CC(CC(=O)O)c1ccccc1)NO. The summed E-state index contributed by atoms with van der Waals surface area (Å²) in [5.41, 5.74) is 3.41. The summed E-state index contributed by atoms with van der Waals surface area (Å²) < 4.78 is 0. The molecule has 1 aromatic rings. The van der Waals surface area contributed by atoms with Gasteiger partial charge in [0.2, 0.25) is 0 Å². The number of carbonyl (C=O) groups is 1.